The summed E-state index contributed by atoms with van der Waals surface area (Å²) in [5, 5.41) is 1.63. The summed E-state index contributed by atoms with van der Waals surface area (Å²) in [6, 6.07) is 11.5. The maximum absolute atomic E-state index is 12.5. The highest BCUT2D eigenvalue weighted by molar-refractivity contribution is 8.18. The number of rotatable bonds is 5. The average Bonchev–Trinajstić information content (AvgIpc) is 2.89. The van der Waals surface area contributed by atoms with Gasteiger partial charge in [-0.25, -0.2) is 0 Å². The maximum Gasteiger partial charge on any atom is 0.293 e. The highest BCUT2D eigenvalue weighted by Crippen LogP contribution is 2.36. The molecule has 2 amide bonds. The Labute approximate surface area is 150 Å². The molecule has 2 aromatic carbocycles. The van der Waals surface area contributed by atoms with Crippen LogP contribution in [0.15, 0.2) is 54.0 Å². The van der Waals surface area contributed by atoms with E-state index in [0.29, 0.717) is 10.7 Å². The second-order valence-corrected chi connectivity index (χ2v) is 6.27. The molecule has 0 aliphatic carbocycles. The van der Waals surface area contributed by atoms with Crippen LogP contribution in [0.5, 0.6) is 5.75 Å². The fraction of sp³-hybridized carbons (Fsp3) is 0.100. The molecular formula is C20H15NO3S. The van der Waals surface area contributed by atoms with Gasteiger partial charge >= 0.3 is 0 Å². The zero-order valence-electron chi connectivity index (χ0n) is 13.4. The molecular weight excluding hydrogens is 334 g/mol. The van der Waals surface area contributed by atoms with E-state index in [-0.39, 0.29) is 24.3 Å². The first-order valence-corrected chi connectivity index (χ1v) is 8.41. The lowest BCUT2D eigenvalue weighted by Crippen LogP contribution is -2.27. The van der Waals surface area contributed by atoms with Crippen molar-refractivity contribution in [3.8, 4) is 18.1 Å². The second kappa shape index (κ2) is 7.29. The number of terminal acetylenes is 1. The Hall–Kier alpha value is -2.97. The smallest absolute Gasteiger partial charge is 0.293 e. The summed E-state index contributed by atoms with van der Waals surface area (Å²) in [5.74, 6) is 2.68. The van der Waals surface area contributed by atoms with E-state index in [1.54, 1.807) is 6.08 Å². The summed E-state index contributed by atoms with van der Waals surface area (Å²) in [5.41, 5.74) is 0.734. The lowest BCUT2D eigenvalue weighted by molar-refractivity contribution is -0.122. The van der Waals surface area contributed by atoms with Gasteiger partial charge in [0, 0.05) is 12.1 Å². The molecule has 5 heteroatoms. The molecule has 1 fully saturated rings. The maximum atomic E-state index is 12.5. The highest BCUT2D eigenvalue weighted by Gasteiger charge is 2.34. The van der Waals surface area contributed by atoms with Crippen molar-refractivity contribution < 1.29 is 14.3 Å². The van der Waals surface area contributed by atoms with Crippen molar-refractivity contribution in [2.75, 3.05) is 13.2 Å². The van der Waals surface area contributed by atoms with E-state index in [1.807, 2.05) is 36.4 Å². The van der Waals surface area contributed by atoms with Gasteiger partial charge < -0.3 is 4.74 Å². The van der Waals surface area contributed by atoms with E-state index in [9.17, 15) is 9.59 Å². The van der Waals surface area contributed by atoms with Crippen LogP contribution in [0, 0.1) is 12.3 Å². The summed E-state index contributed by atoms with van der Waals surface area (Å²) in [7, 11) is 0. The molecule has 1 aliphatic rings. The van der Waals surface area contributed by atoms with E-state index in [0.717, 1.165) is 33.0 Å². The van der Waals surface area contributed by atoms with Gasteiger partial charge in [0.1, 0.15) is 12.4 Å². The molecule has 124 valence electrons. The Morgan fingerprint density at radius 2 is 2.04 bits per heavy atom. The first-order chi connectivity index (χ1) is 12.2. The molecule has 1 aliphatic heterocycles. The van der Waals surface area contributed by atoms with Crippen molar-refractivity contribution in [1.82, 2.24) is 4.90 Å². The zero-order chi connectivity index (χ0) is 17.8. The minimum atomic E-state index is -0.328. The van der Waals surface area contributed by atoms with Gasteiger partial charge in [-0.05, 0) is 34.7 Å². The van der Waals surface area contributed by atoms with Crippen LogP contribution in [0.25, 0.3) is 16.8 Å². The number of nitrogens with zero attached hydrogens (tertiary/aromatic N) is 1. The predicted molar refractivity (Wildman–Crippen MR) is 101 cm³/mol. The minimum Gasteiger partial charge on any atom is -0.480 e. The summed E-state index contributed by atoms with van der Waals surface area (Å²) in [4.78, 5) is 26.0. The Morgan fingerprint density at radius 3 is 2.80 bits per heavy atom. The average molecular weight is 349 g/mol. The number of amides is 2. The molecule has 3 rings (SSSR count). The topological polar surface area (TPSA) is 46.6 Å². The van der Waals surface area contributed by atoms with Gasteiger partial charge in [0.05, 0.1) is 4.91 Å². The third-order valence-corrected chi connectivity index (χ3v) is 4.61. The number of carbonyl (C=O) groups is 2. The molecule has 4 nitrogen and oxygen atoms in total. The molecule has 0 aromatic heterocycles. The molecule has 0 N–H and O–H groups in total. The van der Waals surface area contributed by atoms with Gasteiger partial charge in [-0.1, -0.05) is 42.3 Å². The number of imide groups is 1. The molecule has 0 saturated carbocycles. The van der Waals surface area contributed by atoms with Crippen molar-refractivity contribution in [2.24, 2.45) is 0 Å². The van der Waals surface area contributed by atoms with Crippen LogP contribution < -0.4 is 4.74 Å². The number of fused-ring (bicyclic) bond motifs is 1. The summed E-state index contributed by atoms with van der Waals surface area (Å²) < 4.78 is 5.63. The van der Waals surface area contributed by atoms with Crippen molar-refractivity contribution in [2.45, 2.75) is 0 Å². The summed E-state index contributed by atoms with van der Waals surface area (Å²) in [6.07, 6.45) is 8.51. The standard InChI is InChI=1S/C20H15NO3S/c1-3-11-21-19(22)18(25-20(21)23)13-16-15-8-6-5-7-14(15)9-10-17(16)24-12-4-2/h2-3,5-10,13H,1,11-12H2/b18-13+. The molecule has 1 saturated heterocycles. The normalized spacial score (nSPS) is 15.6. The Balaban J connectivity index is 2.11. The molecule has 25 heavy (non-hydrogen) atoms. The first-order valence-electron chi connectivity index (χ1n) is 7.60. The molecule has 0 bridgehead atoms. The van der Waals surface area contributed by atoms with Crippen LogP contribution in [-0.4, -0.2) is 29.2 Å². The summed E-state index contributed by atoms with van der Waals surface area (Å²) in [6.45, 7) is 3.89. The largest absolute Gasteiger partial charge is 0.480 e. The number of hydrogen-bond donors (Lipinski definition) is 0. The van der Waals surface area contributed by atoms with E-state index >= 15 is 0 Å². The van der Waals surface area contributed by atoms with Gasteiger partial charge in [0.15, 0.2) is 0 Å². The lowest BCUT2D eigenvalue weighted by Gasteiger charge is -2.11. The minimum absolute atomic E-state index is 0.122. The van der Waals surface area contributed by atoms with Gasteiger partial charge in [-0.2, -0.15) is 0 Å². The second-order valence-electron chi connectivity index (χ2n) is 5.27. The number of benzene rings is 2. The van der Waals surface area contributed by atoms with Crippen LogP contribution in [0.3, 0.4) is 0 Å². The van der Waals surface area contributed by atoms with E-state index < -0.39 is 0 Å². The monoisotopic (exact) mass is 349 g/mol. The quantitative estimate of drug-likeness (QED) is 0.464. The molecule has 2 aromatic rings. The van der Waals surface area contributed by atoms with E-state index in [2.05, 4.69) is 12.5 Å². The van der Waals surface area contributed by atoms with Crippen molar-refractivity contribution in [3.05, 3.63) is 59.5 Å². The van der Waals surface area contributed by atoms with E-state index in [1.165, 1.54) is 6.08 Å². The van der Waals surface area contributed by atoms with Crippen LogP contribution in [0.4, 0.5) is 4.79 Å². The summed E-state index contributed by atoms with van der Waals surface area (Å²) >= 11 is 0.913. The molecule has 0 unspecified atom stereocenters. The van der Waals surface area contributed by atoms with Crippen LogP contribution in [0.1, 0.15) is 5.56 Å². The van der Waals surface area contributed by atoms with Gasteiger partial charge in [-0.15, -0.1) is 13.0 Å². The molecule has 1 heterocycles. The fourth-order valence-electron chi connectivity index (χ4n) is 2.59. The first kappa shape index (κ1) is 16.9. The van der Waals surface area contributed by atoms with Crippen LogP contribution in [0.2, 0.25) is 0 Å². The Morgan fingerprint density at radius 1 is 1.24 bits per heavy atom. The van der Waals surface area contributed by atoms with Crippen molar-refractivity contribution >= 4 is 39.8 Å². The SMILES string of the molecule is C#CCOc1ccc2ccccc2c1/C=C1/SC(=O)N(CC=C)C1=O. The lowest BCUT2D eigenvalue weighted by atomic mass is 10.0. The molecule has 0 radical (unpaired) electrons. The van der Waals surface area contributed by atoms with Crippen molar-refractivity contribution in [1.29, 1.82) is 0 Å². The number of hydrogen-bond acceptors (Lipinski definition) is 4. The zero-order valence-corrected chi connectivity index (χ0v) is 14.2. The molecule has 0 spiro atoms. The molecule has 0 atom stereocenters. The highest BCUT2D eigenvalue weighted by atomic mass is 32.2. The van der Waals surface area contributed by atoms with Crippen molar-refractivity contribution in [3.63, 3.8) is 0 Å². The number of carbonyl (C=O) groups excluding carboxylic acids is 2. The Kier molecular flexibility index (Phi) is 4.92. The number of ether oxygens (including phenoxy) is 1. The van der Waals surface area contributed by atoms with Gasteiger partial charge in [0.2, 0.25) is 0 Å². The Bertz CT molecular complexity index is 940. The van der Waals surface area contributed by atoms with Gasteiger partial charge in [0.25, 0.3) is 11.1 Å². The van der Waals surface area contributed by atoms with E-state index in [4.69, 9.17) is 11.2 Å². The van der Waals surface area contributed by atoms with Crippen LogP contribution >= 0.6 is 11.8 Å². The number of thioether (sulfide) groups is 1. The van der Waals surface area contributed by atoms with Gasteiger partial charge in [-0.3, -0.25) is 14.5 Å². The predicted octanol–water partition coefficient (Wildman–Crippen LogP) is 4.07. The third kappa shape index (κ3) is 3.30. The third-order valence-electron chi connectivity index (χ3n) is 3.70. The van der Waals surface area contributed by atoms with Crippen LogP contribution in [-0.2, 0) is 4.79 Å². The fourth-order valence-corrected chi connectivity index (χ4v) is 3.42.